The van der Waals surface area contributed by atoms with Crippen LogP contribution >= 0.6 is 0 Å². The molecule has 0 unspecified atom stereocenters. The lowest BCUT2D eigenvalue weighted by atomic mass is 10.1. The number of pyridine rings is 1. The first kappa shape index (κ1) is 20.3. The molecule has 2 aromatic heterocycles. The van der Waals surface area contributed by atoms with E-state index in [9.17, 15) is 14.4 Å². The summed E-state index contributed by atoms with van der Waals surface area (Å²) in [4.78, 5) is 39.6. The maximum atomic E-state index is 12.1. The van der Waals surface area contributed by atoms with Crippen molar-refractivity contribution in [3.05, 3.63) is 75.8 Å². The average molecular weight is 394 g/mol. The van der Waals surface area contributed by atoms with Gasteiger partial charge < -0.3 is 9.47 Å². The fourth-order valence-electron chi connectivity index (χ4n) is 2.75. The summed E-state index contributed by atoms with van der Waals surface area (Å²) in [5, 5.41) is 0. The molecule has 0 atom stereocenters. The number of ether oxygens (including phenoxy) is 2. The lowest BCUT2D eigenvalue weighted by Gasteiger charge is -2.08. The number of fused-ring (bicyclic) bond motifs is 1. The van der Waals surface area contributed by atoms with Gasteiger partial charge >= 0.3 is 5.97 Å². The molecule has 0 aliphatic heterocycles. The third-order valence-electron chi connectivity index (χ3n) is 4.30. The summed E-state index contributed by atoms with van der Waals surface area (Å²) >= 11 is 0. The van der Waals surface area contributed by atoms with Crippen LogP contribution in [-0.2, 0) is 16.1 Å². The number of nitrogens with zero attached hydrogens (tertiary/aromatic N) is 2. The van der Waals surface area contributed by atoms with Crippen LogP contribution in [0.15, 0.2) is 53.5 Å². The minimum absolute atomic E-state index is 0.00185. The maximum absolute atomic E-state index is 12.1. The number of aromatic nitrogens is 2. The number of esters is 1. The highest BCUT2D eigenvalue weighted by Gasteiger charge is 2.07. The molecule has 3 rings (SSSR count). The Morgan fingerprint density at radius 1 is 1.10 bits per heavy atom. The van der Waals surface area contributed by atoms with Crippen molar-refractivity contribution in [1.29, 1.82) is 0 Å². The number of Topliss-reactive ketones (excluding diaryl/α,β-unsaturated/α-hetero) is 1. The Kier molecular flexibility index (Phi) is 6.39. The van der Waals surface area contributed by atoms with E-state index in [4.69, 9.17) is 9.47 Å². The van der Waals surface area contributed by atoms with E-state index in [-0.39, 0.29) is 30.3 Å². The molecule has 0 bridgehead atoms. The number of carbonyl (C=O) groups excluding carboxylic acids is 2. The molecule has 2 heterocycles. The SMILES string of the molecule is CC(=O)c1ccc(OCCCC(=O)OCc2cc(=O)n3cc(C)ccc3n2)cc1. The molecule has 0 amide bonds. The maximum Gasteiger partial charge on any atom is 0.306 e. The van der Waals surface area contributed by atoms with E-state index in [2.05, 4.69) is 4.98 Å². The number of benzene rings is 1. The normalized spacial score (nSPS) is 10.7. The van der Waals surface area contributed by atoms with Crippen molar-refractivity contribution in [2.75, 3.05) is 6.61 Å². The Balaban J connectivity index is 1.44. The van der Waals surface area contributed by atoms with Crippen molar-refractivity contribution in [3.8, 4) is 5.75 Å². The van der Waals surface area contributed by atoms with Gasteiger partial charge in [0, 0.05) is 24.2 Å². The third kappa shape index (κ3) is 5.51. The highest BCUT2D eigenvalue weighted by Crippen LogP contribution is 2.13. The zero-order valence-corrected chi connectivity index (χ0v) is 16.4. The number of hydrogen-bond donors (Lipinski definition) is 0. The van der Waals surface area contributed by atoms with Crippen LogP contribution in [0.5, 0.6) is 5.75 Å². The monoisotopic (exact) mass is 394 g/mol. The molecule has 0 fully saturated rings. The summed E-state index contributed by atoms with van der Waals surface area (Å²) in [6.45, 7) is 3.70. The van der Waals surface area contributed by atoms with Gasteiger partial charge in [-0.25, -0.2) is 4.98 Å². The molecule has 3 aromatic rings. The van der Waals surface area contributed by atoms with Crippen LogP contribution in [0.25, 0.3) is 5.65 Å². The van der Waals surface area contributed by atoms with Crippen LogP contribution in [0.2, 0.25) is 0 Å². The quantitative estimate of drug-likeness (QED) is 0.331. The first-order chi connectivity index (χ1) is 13.9. The number of aryl methyl sites for hydroxylation is 1. The fraction of sp³-hybridized carbons (Fsp3) is 0.273. The van der Waals surface area contributed by atoms with Crippen LogP contribution in [-0.4, -0.2) is 27.7 Å². The van der Waals surface area contributed by atoms with Gasteiger partial charge in [0.1, 0.15) is 18.0 Å². The molecule has 7 heteroatoms. The second kappa shape index (κ2) is 9.14. The minimum Gasteiger partial charge on any atom is -0.494 e. The number of hydrogen-bond acceptors (Lipinski definition) is 6. The van der Waals surface area contributed by atoms with E-state index in [0.717, 1.165) is 5.56 Å². The van der Waals surface area contributed by atoms with Gasteiger partial charge in [-0.1, -0.05) is 6.07 Å². The van der Waals surface area contributed by atoms with Crippen LogP contribution in [0.4, 0.5) is 0 Å². The molecule has 0 saturated carbocycles. The summed E-state index contributed by atoms with van der Waals surface area (Å²) in [5.41, 5.74) is 2.29. The van der Waals surface area contributed by atoms with Gasteiger partial charge in [0.15, 0.2) is 5.78 Å². The highest BCUT2D eigenvalue weighted by atomic mass is 16.5. The molecule has 0 radical (unpaired) electrons. The van der Waals surface area contributed by atoms with Gasteiger partial charge in [-0.3, -0.25) is 18.8 Å². The van der Waals surface area contributed by atoms with Crippen molar-refractivity contribution < 1.29 is 19.1 Å². The van der Waals surface area contributed by atoms with E-state index >= 15 is 0 Å². The Bertz CT molecular complexity index is 1090. The van der Waals surface area contributed by atoms with Crippen molar-refractivity contribution in [1.82, 2.24) is 9.38 Å². The van der Waals surface area contributed by atoms with Gasteiger partial charge in [-0.2, -0.15) is 0 Å². The molecule has 7 nitrogen and oxygen atoms in total. The highest BCUT2D eigenvalue weighted by molar-refractivity contribution is 5.94. The van der Waals surface area contributed by atoms with Crippen molar-refractivity contribution >= 4 is 17.4 Å². The van der Waals surface area contributed by atoms with Crippen LogP contribution in [0.3, 0.4) is 0 Å². The average Bonchev–Trinajstić information content (AvgIpc) is 2.70. The van der Waals surface area contributed by atoms with Gasteiger partial charge in [-0.15, -0.1) is 0 Å². The molecule has 0 aliphatic carbocycles. The first-order valence-corrected chi connectivity index (χ1v) is 9.31. The van der Waals surface area contributed by atoms with E-state index in [0.29, 0.717) is 35.7 Å². The minimum atomic E-state index is -0.383. The fourth-order valence-corrected chi connectivity index (χ4v) is 2.75. The van der Waals surface area contributed by atoms with Crippen LogP contribution < -0.4 is 10.3 Å². The largest absolute Gasteiger partial charge is 0.494 e. The van der Waals surface area contributed by atoms with Crippen molar-refractivity contribution in [2.24, 2.45) is 0 Å². The zero-order valence-electron chi connectivity index (χ0n) is 16.4. The summed E-state index contributed by atoms with van der Waals surface area (Å²) in [6, 6.07) is 11.8. The molecule has 0 saturated heterocycles. The molecule has 0 N–H and O–H groups in total. The topological polar surface area (TPSA) is 87.0 Å². The first-order valence-electron chi connectivity index (χ1n) is 9.31. The molecule has 0 aliphatic rings. The lowest BCUT2D eigenvalue weighted by molar-refractivity contribution is -0.145. The van der Waals surface area contributed by atoms with Crippen molar-refractivity contribution in [2.45, 2.75) is 33.3 Å². The number of carbonyl (C=O) groups is 2. The smallest absolute Gasteiger partial charge is 0.306 e. The van der Waals surface area contributed by atoms with Crippen molar-refractivity contribution in [3.63, 3.8) is 0 Å². The lowest BCUT2D eigenvalue weighted by Crippen LogP contribution is -2.17. The van der Waals surface area contributed by atoms with Gasteiger partial charge in [-0.05, 0) is 56.2 Å². The van der Waals surface area contributed by atoms with E-state index in [1.807, 2.05) is 13.0 Å². The second-order valence-electron chi connectivity index (χ2n) is 6.71. The molecular weight excluding hydrogens is 372 g/mol. The Hall–Kier alpha value is -3.48. The molecular formula is C22H22N2O5. The third-order valence-corrected chi connectivity index (χ3v) is 4.30. The van der Waals surface area contributed by atoms with Gasteiger partial charge in [0.25, 0.3) is 5.56 Å². The van der Waals surface area contributed by atoms with Gasteiger partial charge in [0.2, 0.25) is 0 Å². The second-order valence-corrected chi connectivity index (χ2v) is 6.71. The summed E-state index contributed by atoms with van der Waals surface area (Å²) < 4.78 is 12.2. The standard InChI is InChI=1S/C22H22N2O5/c1-15-5-10-20-23-18(12-21(26)24(20)13-15)14-29-22(27)4-3-11-28-19-8-6-17(7-9-19)16(2)25/h5-10,12-13H,3-4,11,14H2,1-2H3. The Labute approximate surface area is 167 Å². The Morgan fingerprint density at radius 3 is 2.59 bits per heavy atom. The molecule has 150 valence electrons. The summed E-state index contributed by atoms with van der Waals surface area (Å²) in [5.74, 6) is 0.254. The zero-order chi connectivity index (χ0) is 20.8. The van der Waals surface area contributed by atoms with E-state index < -0.39 is 0 Å². The number of ketones is 1. The number of rotatable bonds is 8. The molecule has 1 aromatic carbocycles. The molecule has 29 heavy (non-hydrogen) atoms. The molecule has 0 spiro atoms. The van der Waals surface area contributed by atoms with Gasteiger partial charge in [0.05, 0.1) is 12.3 Å². The van der Waals surface area contributed by atoms with Crippen LogP contribution in [0.1, 0.15) is 41.4 Å². The Morgan fingerprint density at radius 2 is 1.86 bits per heavy atom. The summed E-state index contributed by atoms with van der Waals surface area (Å²) in [7, 11) is 0. The predicted octanol–water partition coefficient (Wildman–Crippen LogP) is 3.11. The summed E-state index contributed by atoms with van der Waals surface area (Å²) in [6.07, 6.45) is 2.39. The van der Waals surface area contributed by atoms with E-state index in [1.165, 1.54) is 17.4 Å². The van der Waals surface area contributed by atoms with Crippen LogP contribution in [0, 0.1) is 6.92 Å². The predicted molar refractivity (Wildman–Crippen MR) is 107 cm³/mol. The van der Waals surface area contributed by atoms with E-state index in [1.54, 1.807) is 36.5 Å².